The van der Waals surface area contributed by atoms with E-state index in [0.717, 1.165) is 24.8 Å². The number of carbonyl (C=O) groups excluding carboxylic acids is 1. The van der Waals surface area contributed by atoms with Crippen molar-refractivity contribution < 1.29 is 4.79 Å². The molecule has 0 bridgehead atoms. The third-order valence-corrected chi connectivity index (χ3v) is 4.13. The summed E-state index contributed by atoms with van der Waals surface area (Å²) in [6.07, 6.45) is 9.06. The molecule has 2 aromatic rings. The predicted octanol–water partition coefficient (Wildman–Crippen LogP) is 1.93. The van der Waals surface area contributed by atoms with Gasteiger partial charge in [-0.2, -0.15) is 10.2 Å². The molecule has 0 fully saturated rings. The smallest absolute Gasteiger partial charge is 0.225 e. The Kier molecular flexibility index (Phi) is 4.00. The van der Waals surface area contributed by atoms with Crippen LogP contribution in [-0.4, -0.2) is 25.5 Å². The van der Waals surface area contributed by atoms with Crippen molar-refractivity contribution in [2.24, 2.45) is 7.05 Å². The molecule has 0 spiro atoms. The van der Waals surface area contributed by atoms with E-state index in [4.69, 9.17) is 0 Å². The molecule has 3 rings (SSSR count). The lowest BCUT2D eigenvalue weighted by atomic mass is 9.93. The zero-order chi connectivity index (χ0) is 15.7. The van der Waals surface area contributed by atoms with Gasteiger partial charge in [0, 0.05) is 19.3 Å². The molecule has 0 saturated heterocycles. The standard InChI is InChI=1S/C16H23N5O/c1-11(2)21-16-13(9-18-21)5-4-6-14(16)19-15(22)7-12-8-17-20(3)10-12/h8-11,14H,4-7H2,1-3H3,(H,19,22). The van der Waals surface area contributed by atoms with Crippen molar-refractivity contribution in [3.05, 3.63) is 35.4 Å². The van der Waals surface area contributed by atoms with Crippen LogP contribution in [0, 0.1) is 0 Å². The Morgan fingerprint density at radius 1 is 1.41 bits per heavy atom. The highest BCUT2D eigenvalue weighted by atomic mass is 16.1. The second-order valence-corrected chi connectivity index (χ2v) is 6.30. The van der Waals surface area contributed by atoms with E-state index in [0.29, 0.717) is 12.5 Å². The van der Waals surface area contributed by atoms with Gasteiger partial charge in [0.25, 0.3) is 0 Å². The average Bonchev–Trinajstić information content (AvgIpc) is 3.05. The third kappa shape index (κ3) is 2.91. The van der Waals surface area contributed by atoms with E-state index in [1.165, 1.54) is 11.3 Å². The van der Waals surface area contributed by atoms with Gasteiger partial charge in [-0.1, -0.05) is 0 Å². The van der Waals surface area contributed by atoms with Crippen molar-refractivity contribution in [1.82, 2.24) is 24.9 Å². The minimum atomic E-state index is 0.0438. The highest BCUT2D eigenvalue weighted by Gasteiger charge is 2.27. The van der Waals surface area contributed by atoms with Gasteiger partial charge in [0.05, 0.1) is 30.6 Å². The zero-order valence-electron chi connectivity index (χ0n) is 13.4. The maximum atomic E-state index is 12.3. The molecule has 6 heteroatoms. The normalized spacial score (nSPS) is 17.5. The first-order chi connectivity index (χ1) is 10.5. The topological polar surface area (TPSA) is 64.7 Å². The molecule has 0 saturated carbocycles. The van der Waals surface area contributed by atoms with E-state index in [-0.39, 0.29) is 11.9 Å². The zero-order valence-corrected chi connectivity index (χ0v) is 13.4. The molecule has 1 aliphatic carbocycles. The van der Waals surface area contributed by atoms with Gasteiger partial charge in [0.15, 0.2) is 0 Å². The summed E-state index contributed by atoms with van der Waals surface area (Å²) in [5.74, 6) is 0.0438. The number of nitrogens with one attached hydrogen (secondary N) is 1. The summed E-state index contributed by atoms with van der Waals surface area (Å²) in [7, 11) is 1.86. The summed E-state index contributed by atoms with van der Waals surface area (Å²) < 4.78 is 3.76. The Labute approximate surface area is 130 Å². The number of hydrogen-bond acceptors (Lipinski definition) is 3. The van der Waals surface area contributed by atoms with Crippen LogP contribution >= 0.6 is 0 Å². The van der Waals surface area contributed by atoms with Crippen LogP contribution in [0.5, 0.6) is 0 Å². The van der Waals surface area contributed by atoms with Crippen LogP contribution in [0.25, 0.3) is 0 Å². The van der Waals surface area contributed by atoms with E-state index in [1.807, 2.05) is 24.1 Å². The second kappa shape index (κ2) is 5.94. The lowest BCUT2D eigenvalue weighted by Crippen LogP contribution is -2.33. The first kappa shape index (κ1) is 14.8. The minimum Gasteiger partial charge on any atom is -0.347 e. The van der Waals surface area contributed by atoms with Crippen molar-refractivity contribution in [3.8, 4) is 0 Å². The van der Waals surface area contributed by atoms with E-state index in [2.05, 4.69) is 29.4 Å². The molecular formula is C16H23N5O. The van der Waals surface area contributed by atoms with Gasteiger partial charge in [-0.15, -0.1) is 0 Å². The van der Waals surface area contributed by atoms with E-state index in [1.54, 1.807) is 10.9 Å². The Balaban J connectivity index is 1.74. The lowest BCUT2D eigenvalue weighted by molar-refractivity contribution is -0.121. The number of fused-ring (bicyclic) bond motifs is 1. The number of hydrogen-bond donors (Lipinski definition) is 1. The average molecular weight is 301 g/mol. The Bertz CT molecular complexity index is 670. The van der Waals surface area contributed by atoms with Crippen LogP contribution in [0.15, 0.2) is 18.6 Å². The molecule has 1 atom stereocenters. The summed E-state index contributed by atoms with van der Waals surface area (Å²) in [6.45, 7) is 4.24. The van der Waals surface area contributed by atoms with Gasteiger partial charge in [-0.3, -0.25) is 14.2 Å². The predicted molar refractivity (Wildman–Crippen MR) is 83.3 cm³/mol. The largest absolute Gasteiger partial charge is 0.347 e. The second-order valence-electron chi connectivity index (χ2n) is 6.30. The van der Waals surface area contributed by atoms with Crippen LogP contribution < -0.4 is 5.32 Å². The van der Waals surface area contributed by atoms with E-state index < -0.39 is 0 Å². The molecule has 118 valence electrons. The number of aryl methyl sites for hydroxylation is 2. The van der Waals surface area contributed by atoms with E-state index >= 15 is 0 Å². The van der Waals surface area contributed by atoms with Gasteiger partial charge >= 0.3 is 0 Å². The molecule has 0 aliphatic heterocycles. The highest BCUT2D eigenvalue weighted by molar-refractivity contribution is 5.78. The molecule has 1 aliphatic rings. The van der Waals surface area contributed by atoms with Crippen molar-refractivity contribution in [2.75, 3.05) is 0 Å². The maximum absolute atomic E-state index is 12.3. The highest BCUT2D eigenvalue weighted by Crippen LogP contribution is 2.31. The first-order valence-electron chi connectivity index (χ1n) is 7.87. The molecule has 2 heterocycles. The van der Waals surface area contributed by atoms with Crippen molar-refractivity contribution in [2.45, 2.75) is 51.6 Å². The summed E-state index contributed by atoms with van der Waals surface area (Å²) in [6, 6.07) is 0.373. The van der Waals surface area contributed by atoms with Gasteiger partial charge in [0.2, 0.25) is 5.91 Å². The fourth-order valence-electron chi connectivity index (χ4n) is 3.16. The first-order valence-corrected chi connectivity index (χ1v) is 7.87. The number of nitrogens with zero attached hydrogens (tertiary/aromatic N) is 4. The fraction of sp³-hybridized carbons (Fsp3) is 0.562. The Morgan fingerprint density at radius 2 is 2.23 bits per heavy atom. The van der Waals surface area contributed by atoms with Gasteiger partial charge in [0.1, 0.15) is 0 Å². The molecule has 6 nitrogen and oxygen atoms in total. The molecule has 0 radical (unpaired) electrons. The lowest BCUT2D eigenvalue weighted by Gasteiger charge is -2.26. The summed E-state index contributed by atoms with van der Waals surface area (Å²) in [5, 5.41) is 11.8. The van der Waals surface area contributed by atoms with Crippen molar-refractivity contribution in [1.29, 1.82) is 0 Å². The SMILES string of the molecule is CC(C)n1ncc2c1C(NC(=O)Cc1cnn(C)c1)CCC2. The van der Waals surface area contributed by atoms with Crippen LogP contribution in [-0.2, 0) is 24.7 Å². The summed E-state index contributed by atoms with van der Waals surface area (Å²) in [5.41, 5.74) is 3.39. The summed E-state index contributed by atoms with van der Waals surface area (Å²) >= 11 is 0. The molecule has 2 aromatic heterocycles. The number of aromatic nitrogens is 4. The molecule has 0 aromatic carbocycles. The van der Waals surface area contributed by atoms with Crippen molar-refractivity contribution >= 4 is 5.91 Å². The summed E-state index contributed by atoms with van der Waals surface area (Å²) in [4.78, 5) is 12.3. The Hall–Kier alpha value is -2.11. The van der Waals surface area contributed by atoms with Crippen LogP contribution in [0.4, 0.5) is 0 Å². The number of carbonyl (C=O) groups is 1. The molecule has 1 amide bonds. The van der Waals surface area contributed by atoms with Crippen LogP contribution in [0.3, 0.4) is 0 Å². The molecule has 1 N–H and O–H groups in total. The Morgan fingerprint density at radius 3 is 2.91 bits per heavy atom. The minimum absolute atomic E-state index is 0.0438. The number of rotatable bonds is 4. The monoisotopic (exact) mass is 301 g/mol. The van der Waals surface area contributed by atoms with Gasteiger partial charge in [-0.25, -0.2) is 0 Å². The van der Waals surface area contributed by atoms with Gasteiger partial charge in [-0.05, 0) is 44.2 Å². The molecular weight excluding hydrogens is 278 g/mol. The quantitative estimate of drug-likeness (QED) is 0.938. The number of amides is 1. The molecule has 1 unspecified atom stereocenters. The molecule has 22 heavy (non-hydrogen) atoms. The van der Waals surface area contributed by atoms with Gasteiger partial charge < -0.3 is 5.32 Å². The van der Waals surface area contributed by atoms with Crippen LogP contribution in [0.1, 0.15) is 55.6 Å². The maximum Gasteiger partial charge on any atom is 0.225 e. The van der Waals surface area contributed by atoms with Crippen molar-refractivity contribution in [3.63, 3.8) is 0 Å². The fourth-order valence-corrected chi connectivity index (χ4v) is 3.16. The van der Waals surface area contributed by atoms with E-state index in [9.17, 15) is 4.79 Å². The third-order valence-electron chi connectivity index (χ3n) is 4.13. The van der Waals surface area contributed by atoms with Crippen LogP contribution in [0.2, 0.25) is 0 Å².